The van der Waals surface area contributed by atoms with Crippen LogP contribution in [0.15, 0.2) is 0 Å². The van der Waals surface area contributed by atoms with Gasteiger partial charge in [-0.15, -0.1) is 0 Å². The highest BCUT2D eigenvalue weighted by molar-refractivity contribution is 5.98. The maximum atomic E-state index is 4.92. The van der Waals surface area contributed by atoms with Crippen molar-refractivity contribution in [2.75, 3.05) is 6.61 Å². The molecular weight excluding hydrogens is 108 g/mol. The number of hydrogen-bond acceptors (Lipinski definition) is 2. The van der Waals surface area contributed by atoms with Crippen molar-refractivity contribution in [1.29, 1.82) is 0 Å². The molecule has 0 amide bonds. The molecule has 0 aromatic carbocycles. The fraction of sp³-hybridized carbons (Fsp3) is 1.00. The Balaban J connectivity index is 2.83. The Morgan fingerprint density at radius 1 is 1.71 bits per heavy atom. The van der Waals surface area contributed by atoms with Gasteiger partial charge in [-0.1, -0.05) is 0 Å². The second kappa shape index (κ2) is 4.30. The molecule has 0 saturated heterocycles. The summed E-state index contributed by atoms with van der Waals surface area (Å²) >= 11 is 0. The summed E-state index contributed by atoms with van der Waals surface area (Å²) in [5.74, 6) is 0. The van der Waals surface area contributed by atoms with Crippen molar-refractivity contribution >= 4 is 10.5 Å². The summed E-state index contributed by atoms with van der Waals surface area (Å²) in [6, 6.07) is 0. The number of hydrogen-bond donors (Lipinski definition) is 0. The van der Waals surface area contributed by atoms with E-state index < -0.39 is 0 Å². The summed E-state index contributed by atoms with van der Waals surface area (Å²) in [6.45, 7) is 4.42. The van der Waals surface area contributed by atoms with Crippen LogP contribution in [0.4, 0.5) is 0 Å². The van der Waals surface area contributed by atoms with Gasteiger partial charge in [0.2, 0.25) is 10.5 Å². The molecular formula is C4H9O2Si. The average Bonchev–Trinajstić information content (AvgIpc) is 1.68. The summed E-state index contributed by atoms with van der Waals surface area (Å²) in [6.07, 6.45) is -0.137. The number of ether oxygens (including phenoxy) is 1. The molecule has 41 valence electrons. The third kappa shape index (κ3) is 3.98. The molecule has 0 aliphatic rings. The van der Waals surface area contributed by atoms with E-state index in [0.717, 1.165) is 0 Å². The van der Waals surface area contributed by atoms with Crippen LogP contribution in [0.5, 0.6) is 0 Å². The molecule has 0 N–H and O–H groups in total. The van der Waals surface area contributed by atoms with Crippen molar-refractivity contribution in [2.24, 2.45) is 0 Å². The van der Waals surface area contributed by atoms with Crippen LogP contribution in [0, 0.1) is 0 Å². The Morgan fingerprint density at radius 3 is 2.43 bits per heavy atom. The lowest BCUT2D eigenvalue weighted by molar-refractivity contribution is -0.0573. The third-order valence-electron chi connectivity index (χ3n) is 0.567. The molecule has 0 aliphatic heterocycles. The highest BCUT2D eigenvalue weighted by Crippen LogP contribution is 1.86. The van der Waals surface area contributed by atoms with Gasteiger partial charge in [0.05, 0.1) is 0 Å². The molecule has 1 atom stereocenters. The van der Waals surface area contributed by atoms with Crippen molar-refractivity contribution in [3.05, 3.63) is 0 Å². The highest BCUT2D eigenvalue weighted by Gasteiger charge is 1.91. The van der Waals surface area contributed by atoms with Gasteiger partial charge in [-0.3, -0.25) is 0 Å². The van der Waals surface area contributed by atoms with Crippen molar-refractivity contribution < 1.29 is 9.16 Å². The summed E-state index contributed by atoms with van der Waals surface area (Å²) in [5.41, 5.74) is 0. The Morgan fingerprint density at radius 2 is 2.29 bits per heavy atom. The second-order valence-corrected chi connectivity index (χ2v) is 1.38. The lowest BCUT2D eigenvalue weighted by Gasteiger charge is -2.06. The quantitative estimate of drug-likeness (QED) is 0.395. The van der Waals surface area contributed by atoms with Gasteiger partial charge in [-0.05, 0) is 13.8 Å². The van der Waals surface area contributed by atoms with Gasteiger partial charge >= 0.3 is 0 Å². The van der Waals surface area contributed by atoms with E-state index in [0.29, 0.717) is 6.61 Å². The predicted molar refractivity (Wildman–Crippen MR) is 27.9 cm³/mol. The van der Waals surface area contributed by atoms with Crippen molar-refractivity contribution in [3.63, 3.8) is 0 Å². The molecule has 0 aliphatic carbocycles. The molecule has 3 heteroatoms. The molecule has 0 aromatic heterocycles. The Kier molecular flexibility index (Phi) is 4.38. The highest BCUT2D eigenvalue weighted by atomic mass is 28.2. The lowest BCUT2D eigenvalue weighted by atomic mass is 10.7. The zero-order valence-corrected chi connectivity index (χ0v) is 5.60. The van der Waals surface area contributed by atoms with E-state index in [9.17, 15) is 0 Å². The first-order chi connectivity index (χ1) is 3.31. The first kappa shape index (κ1) is 7.14. The first-order valence-electron chi connectivity index (χ1n) is 2.25. The van der Waals surface area contributed by atoms with Gasteiger partial charge in [0.15, 0.2) is 0 Å². The van der Waals surface area contributed by atoms with Gasteiger partial charge < -0.3 is 9.16 Å². The van der Waals surface area contributed by atoms with Crippen molar-refractivity contribution in [3.8, 4) is 0 Å². The SMILES string of the molecule is CCOC(C)O[Si]. The largest absolute Gasteiger partial charge is 0.394 e. The molecule has 0 heterocycles. The van der Waals surface area contributed by atoms with Gasteiger partial charge in [0.1, 0.15) is 6.29 Å². The standard InChI is InChI=1S/C4H9O2Si/c1-3-5-4(2)6-7/h4H,3H2,1-2H3. The monoisotopic (exact) mass is 117 g/mol. The second-order valence-electron chi connectivity index (χ2n) is 1.14. The molecule has 0 rings (SSSR count). The van der Waals surface area contributed by atoms with Crippen LogP contribution < -0.4 is 0 Å². The van der Waals surface area contributed by atoms with Gasteiger partial charge in [0.25, 0.3) is 0 Å². The van der Waals surface area contributed by atoms with Crippen LogP contribution in [-0.4, -0.2) is 23.4 Å². The fourth-order valence-corrected chi connectivity index (χ4v) is 0.337. The van der Waals surface area contributed by atoms with Crippen LogP contribution in [0.3, 0.4) is 0 Å². The normalized spacial score (nSPS) is 14.1. The van der Waals surface area contributed by atoms with E-state index >= 15 is 0 Å². The minimum atomic E-state index is -0.137. The summed E-state index contributed by atoms with van der Waals surface area (Å²) in [5, 5.41) is 0. The van der Waals surface area contributed by atoms with Crippen LogP contribution in [0.1, 0.15) is 13.8 Å². The van der Waals surface area contributed by atoms with E-state index in [4.69, 9.17) is 4.74 Å². The Labute approximate surface area is 47.4 Å². The molecule has 7 heavy (non-hydrogen) atoms. The van der Waals surface area contributed by atoms with Gasteiger partial charge in [-0.25, -0.2) is 0 Å². The average molecular weight is 117 g/mol. The summed E-state index contributed by atoms with van der Waals surface area (Å²) in [7, 11) is 2.83. The molecule has 2 nitrogen and oxygen atoms in total. The molecule has 0 aromatic rings. The van der Waals surface area contributed by atoms with Gasteiger partial charge in [-0.2, -0.15) is 0 Å². The molecule has 0 saturated carbocycles. The topological polar surface area (TPSA) is 18.5 Å². The van der Waals surface area contributed by atoms with Crippen LogP contribution >= 0.6 is 0 Å². The molecule has 0 bridgehead atoms. The maximum absolute atomic E-state index is 4.92. The van der Waals surface area contributed by atoms with Crippen LogP contribution in [0.25, 0.3) is 0 Å². The smallest absolute Gasteiger partial charge is 0.249 e. The molecule has 0 spiro atoms. The Hall–Kier alpha value is 0.137. The zero-order chi connectivity index (χ0) is 5.70. The summed E-state index contributed by atoms with van der Waals surface area (Å²) in [4.78, 5) is 0. The minimum Gasteiger partial charge on any atom is -0.394 e. The molecule has 3 radical (unpaired) electrons. The van der Waals surface area contributed by atoms with Crippen LogP contribution in [-0.2, 0) is 9.16 Å². The van der Waals surface area contributed by atoms with E-state index in [1.54, 1.807) is 0 Å². The van der Waals surface area contributed by atoms with E-state index in [-0.39, 0.29) is 6.29 Å². The van der Waals surface area contributed by atoms with E-state index in [2.05, 4.69) is 14.9 Å². The summed E-state index contributed by atoms with van der Waals surface area (Å²) < 4.78 is 9.49. The Bertz CT molecular complexity index is 40.7. The van der Waals surface area contributed by atoms with Crippen molar-refractivity contribution in [1.82, 2.24) is 0 Å². The molecule has 1 unspecified atom stereocenters. The third-order valence-corrected chi connectivity index (χ3v) is 0.899. The maximum Gasteiger partial charge on any atom is 0.249 e. The van der Waals surface area contributed by atoms with Crippen molar-refractivity contribution in [2.45, 2.75) is 20.1 Å². The van der Waals surface area contributed by atoms with Crippen LogP contribution in [0.2, 0.25) is 0 Å². The lowest BCUT2D eigenvalue weighted by Crippen LogP contribution is -2.09. The fourth-order valence-electron chi connectivity index (χ4n) is 0.269. The minimum absolute atomic E-state index is 0.137. The van der Waals surface area contributed by atoms with E-state index in [1.807, 2.05) is 13.8 Å². The molecule has 0 fully saturated rings. The predicted octanol–water partition coefficient (Wildman–Crippen LogP) is 0.469. The van der Waals surface area contributed by atoms with E-state index in [1.165, 1.54) is 0 Å². The number of rotatable bonds is 3. The zero-order valence-electron chi connectivity index (χ0n) is 4.60. The van der Waals surface area contributed by atoms with Gasteiger partial charge in [0, 0.05) is 6.61 Å². The first-order valence-corrected chi connectivity index (χ1v) is 2.66.